The third kappa shape index (κ3) is 4.04. The van der Waals surface area contributed by atoms with Gasteiger partial charge >= 0.3 is 0 Å². The van der Waals surface area contributed by atoms with Crippen LogP contribution in [0.3, 0.4) is 0 Å². The normalized spacial score (nSPS) is 16.2. The quantitative estimate of drug-likeness (QED) is 0.668. The van der Waals surface area contributed by atoms with Crippen LogP contribution < -0.4 is 10.2 Å². The lowest BCUT2D eigenvalue weighted by molar-refractivity contribution is -0.385. The summed E-state index contributed by atoms with van der Waals surface area (Å²) in [5.41, 5.74) is -0.0747. The van der Waals surface area contributed by atoms with Gasteiger partial charge in [-0.2, -0.15) is 0 Å². The van der Waals surface area contributed by atoms with Crippen LogP contribution in [0.2, 0.25) is 5.02 Å². The number of pyridine rings is 1. The maximum Gasteiger partial charge on any atom is 0.289 e. The molecule has 6 nitrogen and oxygen atoms in total. The highest BCUT2D eigenvalue weighted by atomic mass is 35.5. The Morgan fingerprint density at radius 3 is 2.71 bits per heavy atom. The van der Waals surface area contributed by atoms with E-state index < -0.39 is 4.92 Å². The van der Waals surface area contributed by atoms with Crippen molar-refractivity contribution in [2.45, 2.75) is 32.7 Å². The van der Waals surface area contributed by atoms with Gasteiger partial charge in [0, 0.05) is 18.7 Å². The molecule has 0 bridgehead atoms. The summed E-state index contributed by atoms with van der Waals surface area (Å²) in [6.07, 6.45) is 3.54. The third-order valence-electron chi connectivity index (χ3n) is 3.83. The monoisotopic (exact) mass is 312 g/mol. The summed E-state index contributed by atoms with van der Waals surface area (Å²) in [5, 5.41) is 14.5. The van der Waals surface area contributed by atoms with Crippen LogP contribution in [0.4, 0.5) is 11.5 Å². The molecule has 1 fully saturated rings. The summed E-state index contributed by atoms with van der Waals surface area (Å²) in [5.74, 6) is 1.23. The van der Waals surface area contributed by atoms with E-state index in [1.807, 2.05) is 0 Å². The summed E-state index contributed by atoms with van der Waals surface area (Å²) in [6, 6.07) is 1.62. The van der Waals surface area contributed by atoms with Crippen molar-refractivity contribution in [3.63, 3.8) is 0 Å². The van der Waals surface area contributed by atoms with Gasteiger partial charge in [0.05, 0.1) is 9.95 Å². The van der Waals surface area contributed by atoms with Gasteiger partial charge in [-0.3, -0.25) is 10.1 Å². The highest BCUT2D eigenvalue weighted by Gasteiger charge is 2.23. The average molecular weight is 313 g/mol. The molecule has 1 saturated heterocycles. The first-order valence-corrected chi connectivity index (χ1v) is 7.64. The number of nitrogens with zero attached hydrogens (tertiary/aromatic N) is 3. The summed E-state index contributed by atoms with van der Waals surface area (Å²) in [6.45, 7) is 7.13. The fourth-order valence-corrected chi connectivity index (χ4v) is 2.89. The predicted octanol–water partition coefficient (Wildman–Crippen LogP) is 2.86. The number of aromatic nitrogens is 1. The Balaban J connectivity index is 2.19. The zero-order valence-electron chi connectivity index (χ0n) is 12.4. The minimum Gasteiger partial charge on any atom is -0.353 e. The van der Waals surface area contributed by atoms with E-state index >= 15 is 0 Å². The molecule has 1 aliphatic rings. The van der Waals surface area contributed by atoms with E-state index in [1.165, 1.54) is 12.3 Å². The van der Waals surface area contributed by atoms with Crippen LogP contribution in [0.1, 0.15) is 26.7 Å². The summed E-state index contributed by atoms with van der Waals surface area (Å²) < 4.78 is 0. The number of rotatable bonds is 5. The molecule has 1 N–H and O–H groups in total. The Morgan fingerprint density at radius 1 is 1.52 bits per heavy atom. The van der Waals surface area contributed by atoms with E-state index in [0.717, 1.165) is 32.5 Å². The summed E-state index contributed by atoms with van der Waals surface area (Å²) in [4.78, 5) is 16.7. The molecule has 0 amide bonds. The first kappa shape index (κ1) is 16.0. The molecule has 2 rings (SSSR count). The second-order valence-corrected chi connectivity index (χ2v) is 6.10. The second kappa shape index (κ2) is 7.04. The largest absolute Gasteiger partial charge is 0.353 e. The molecule has 0 spiro atoms. The standard InChI is InChI=1S/C14H21ClN4O2/c1-10(2)18(9-11-3-5-16-6-4-11)14-13(15)7-12(8-17-14)19(20)21/h7-8,10-11,16H,3-6,9H2,1-2H3. The van der Waals surface area contributed by atoms with Gasteiger partial charge in [-0.25, -0.2) is 4.98 Å². The Hall–Kier alpha value is -1.40. The smallest absolute Gasteiger partial charge is 0.289 e. The van der Waals surface area contributed by atoms with Gasteiger partial charge in [0.25, 0.3) is 5.69 Å². The lowest BCUT2D eigenvalue weighted by Gasteiger charge is -2.34. The van der Waals surface area contributed by atoms with Gasteiger partial charge in [-0.15, -0.1) is 0 Å². The molecule has 21 heavy (non-hydrogen) atoms. The van der Waals surface area contributed by atoms with Crippen molar-refractivity contribution in [3.8, 4) is 0 Å². The van der Waals surface area contributed by atoms with Crippen LogP contribution in [0.15, 0.2) is 12.3 Å². The fraction of sp³-hybridized carbons (Fsp3) is 0.643. The van der Waals surface area contributed by atoms with E-state index in [2.05, 4.69) is 29.0 Å². The Bertz CT molecular complexity index is 504. The van der Waals surface area contributed by atoms with Crippen molar-refractivity contribution in [1.29, 1.82) is 0 Å². The van der Waals surface area contributed by atoms with Crippen molar-refractivity contribution < 1.29 is 4.92 Å². The van der Waals surface area contributed by atoms with Gasteiger partial charge in [0.15, 0.2) is 0 Å². The molecule has 0 atom stereocenters. The number of piperidine rings is 1. The molecule has 1 aromatic heterocycles. The maximum atomic E-state index is 10.8. The van der Waals surface area contributed by atoms with E-state index in [-0.39, 0.29) is 11.7 Å². The van der Waals surface area contributed by atoms with E-state index in [1.54, 1.807) is 0 Å². The number of halogens is 1. The van der Waals surface area contributed by atoms with Crippen molar-refractivity contribution in [1.82, 2.24) is 10.3 Å². The minimum absolute atomic E-state index is 0.0747. The van der Waals surface area contributed by atoms with Crippen LogP contribution in [-0.2, 0) is 0 Å². The van der Waals surface area contributed by atoms with E-state index in [0.29, 0.717) is 16.8 Å². The molecule has 7 heteroatoms. The molecule has 0 aromatic carbocycles. The number of nitrogens with one attached hydrogen (secondary N) is 1. The molecule has 0 saturated carbocycles. The Morgan fingerprint density at radius 2 is 2.19 bits per heavy atom. The zero-order valence-corrected chi connectivity index (χ0v) is 13.1. The van der Waals surface area contributed by atoms with Crippen molar-refractivity contribution in [3.05, 3.63) is 27.4 Å². The lowest BCUT2D eigenvalue weighted by atomic mass is 9.97. The van der Waals surface area contributed by atoms with Crippen molar-refractivity contribution >= 4 is 23.1 Å². The maximum absolute atomic E-state index is 10.8. The summed E-state index contributed by atoms with van der Waals surface area (Å²) >= 11 is 6.21. The van der Waals surface area contributed by atoms with Gasteiger partial charge in [0.2, 0.25) is 0 Å². The molecule has 1 aromatic rings. The van der Waals surface area contributed by atoms with E-state index in [9.17, 15) is 10.1 Å². The molecule has 116 valence electrons. The van der Waals surface area contributed by atoms with Crippen LogP contribution >= 0.6 is 11.6 Å². The SMILES string of the molecule is CC(C)N(CC1CCNCC1)c1ncc([N+](=O)[O-])cc1Cl. The Kier molecular flexibility index (Phi) is 5.36. The van der Waals surface area contributed by atoms with Gasteiger partial charge < -0.3 is 10.2 Å². The third-order valence-corrected chi connectivity index (χ3v) is 4.11. The van der Waals surface area contributed by atoms with Crippen molar-refractivity contribution in [2.75, 3.05) is 24.5 Å². The van der Waals surface area contributed by atoms with E-state index in [4.69, 9.17) is 11.6 Å². The highest BCUT2D eigenvalue weighted by Crippen LogP contribution is 2.29. The first-order chi connectivity index (χ1) is 9.99. The van der Waals surface area contributed by atoms with Crippen molar-refractivity contribution in [2.24, 2.45) is 5.92 Å². The fourth-order valence-electron chi connectivity index (χ4n) is 2.62. The topological polar surface area (TPSA) is 71.3 Å². The molecule has 0 aliphatic carbocycles. The molecular formula is C14H21ClN4O2. The Labute approximate surface area is 129 Å². The first-order valence-electron chi connectivity index (χ1n) is 7.26. The van der Waals surface area contributed by atoms with Crippen LogP contribution in [0.5, 0.6) is 0 Å². The average Bonchev–Trinajstić information content (AvgIpc) is 2.46. The van der Waals surface area contributed by atoms with Crippen LogP contribution in [0.25, 0.3) is 0 Å². The van der Waals surface area contributed by atoms with Gasteiger partial charge in [0.1, 0.15) is 12.0 Å². The molecule has 1 aliphatic heterocycles. The van der Waals surface area contributed by atoms with Crippen LogP contribution in [-0.4, -0.2) is 35.6 Å². The van der Waals surface area contributed by atoms with Crippen LogP contribution in [0, 0.1) is 16.0 Å². The number of hydrogen-bond donors (Lipinski definition) is 1. The number of hydrogen-bond acceptors (Lipinski definition) is 5. The molecule has 2 heterocycles. The molecular weight excluding hydrogens is 292 g/mol. The summed E-state index contributed by atoms with van der Waals surface area (Å²) in [7, 11) is 0. The number of anilines is 1. The predicted molar refractivity (Wildman–Crippen MR) is 84.0 cm³/mol. The second-order valence-electron chi connectivity index (χ2n) is 5.70. The lowest BCUT2D eigenvalue weighted by Crippen LogP contribution is -2.40. The molecule has 0 unspecified atom stereocenters. The number of nitro groups is 1. The zero-order chi connectivity index (χ0) is 15.4. The van der Waals surface area contributed by atoms with Gasteiger partial charge in [-0.1, -0.05) is 11.6 Å². The van der Waals surface area contributed by atoms with Gasteiger partial charge in [-0.05, 0) is 45.7 Å². The minimum atomic E-state index is -0.477. The highest BCUT2D eigenvalue weighted by molar-refractivity contribution is 6.33. The molecule has 0 radical (unpaired) electrons.